The maximum absolute atomic E-state index is 14.1. The number of imidazole rings is 1. The van der Waals surface area contributed by atoms with Crippen molar-refractivity contribution in [3.8, 4) is 11.1 Å². The van der Waals surface area contributed by atoms with E-state index in [0.29, 0.717) is 17.6 Å². The van der Waals surface area contributed by atoms with Crippen LogP contribution in [0.2, 0.25) is 0 Å². The molecule has 1 unspecified atom stereocenters. The molecule has 0 saturated heterocycles. The van der Waals surface area contributed by atoms with Crippen molar-refractivity contribution in [2.75, 3.05) is 13.1 Å². The van der Waals surface area contributed by atoms with Gasteiger partial charge in [0, 0.05) is 36.6 Å². The van der Waals surface area contributed by atoms with Gasteiger partial charge in [-0.05, 0) is 43.2 Å². The third-order valence-electron chi connectivity index (χ3n) is 6.07. The van der Waals surface area contributed by atoms with Crippen LogP contribution in [0.5, 0.6) is 0 Å². The fourth-order valence-electron chi connectivity index (χ4n) is 4.35. The minimum absolute atomic E-state index is 0.0589. The number of nitrogens with zero attached hydrogens (tertiary/aromatic N) is 4. The summed E-state index contributed by atoms with van der Waals surface area (Å²) in [6, 6.07) is 5.22. The van der Waals surface area contributed by atoms with E-state index in [2.05, 4.69) is 9.97 Å². The standard InChI is InChI=1S/C25H20F4N4O3/c1-14(34)22-21(24(35)32-8-4-15(5-9-32)20-19(26)3-2-7-30-20)31-23-18(25(27,28)29)11-17(12-33(22)23)16-6-10-36-13-16/h2-4,6-7,10-14,34H,5,8-9H2,1H3. The van der Waals surface area contributed by atoms with Crippen LogP contribution in [0.25, 0.3) is 22.3 Å². The van der Waals surface area contributed by atoms with Crippen LogP contribution < -0.4 is 0 Å². The molecule has 0 fully saturated rings. The Balaban J connectivity index is 1.58. The van der Waals surface area contributed by atoms with E-state index >= 15 is 0 Å². The average Bonchev–Trinajstić information content (AvgIpc) is 3.51. The highest BCUT2D eigenvalue weighted by Gasteiger charge is 2.37. The van der Waals surface area contributed by atoms with Crippen molar-refractivity contribution in [2.24, 2.45) is 0 Å². The quantitative estimate of drug-likeness (QED) is 0.393. The molecule has 0 bridgehead atoms. The summed E-state index contributed by atoms with van der Waals surface area (Å²) in [5.41, 5.74) is -0.458. The molecule has 1 N–H and O–H groups in total. The van der Waals surface area contributed by atoms with E-state index < -0.39 is 35.2 Å². The van der Waals surface area contributed by atoms with Gasteiger partial charge in [-0.25, -0.2) is 9.37 Å². The van der Waals surface area contributed by atoms with Crippen molar-refractivity contribution in [3.63, 3.8) is 0 Å². The zero-order chi connectivity index (χ0) is 25.6. The normalized spacial score (nSPS) is 15.3. The van der Waals surface area contributed by atoms with Crippen molar-refractivity contribution in [3.05, 3.63) is 83.7 Å². The van der Waals surface area contributed by atoms with Gasteiger partial charge in [-0.1, -0.05) is 6.08 Å². The fraction of sp³-hybridized carbons (Fsp3) is 0.240. The predicted molar refractivity (Wildman–Crippen MR) is 121 cm³/mol. The Hall–Kier alpha value is -3.99. The summed E-state index contributed by atoms with van der Waals surface area (Å²) < 4.78 is 62.2. The number of fused-ring (bicyclic) bond motifs is 1. The molecule has 0 spiro atoms. The molecule has 1 amide bonds. The first-order valence-electron chi connectivity index (χ1n) is 11.1. The number of hydrogen-bond donors (Lipinski definition) is 1. The predicted octanol–water partition coefficient (Wildman–Crippen LogP) is 5.13. The highest BCUT2D eigenvalue weighted by Crippen LogP contribution is 2.37. The van der Waals surface area contributed by atoms with Gasteiger partial charge in [-0.2, -0.15) is 13.2 Å². The number of aliphatic hydroxyl groups is 1. The number of furan rings is 1. The van der Waals surface area contributed by atoms with E-state index in [4.69, 9.17) is 4.42 Å². The van der Waals surface area contributed by atoms with E-state index in [0.717, 1.165) is 10.5 Å². The lowest BCUT2D eigenvalue weighted by molar-refractivity contribution is -0.136. The minimum Gasteiger partial charge on any atom is -0.472 e. The Morgan fingerprint density at radius 1 is 1.25 bits per heavy atom. The highest BCUT2D eigenvalue weighted by molar-refractivity contribution is 5.95. The summed E-state index contributed by atoms with van der Waals surface area (Å²) in [6.07, 6.45) is 1.39. The fourth-order valence-corrected chi connectivity index (χ4v) is 4.35. The number of carbonyl (C=O) groups excluding carboxylic acids is 1. The van der Waals surface area contributed by atoms with Gasteiger partial charge in [0.1, 0.15) is 17.2 Å². The Labute approximate surface area is 202 Å². The van der Waals surface area contributed by atoms with Crippen LogP contribution in [-0.4, -0.2) is 43.4 Å². The molecule has 1 atom stereocenters. The van der Waals surface area contributed by atoms with E-state index in [1.54, 1.807) is 6.08 Å². The zero-order valence-corrected chi connectivity index (χ0v) is 19.0. The first kappa shape index (κ1) is 23.7. The third-order valence-corrected chi connectivity index (χ3v) is 6.07. The molecule has 5 heterocycles. The largest absolute Gasteiger partial charge is 0.472 e. The van der Waals surface area contributed by atoms with E-state index in [-0.39, 0.29) is 35.7 Å². The van der Waals surface area contributed by atoms with E-state index in [1.165, 1.54) is 54.9 Å². The Kier molecular flexibility index (Phi) is 5.87. The molecule has 36 heavy (non-hydrogen) atoms. The molecule has 4 aromatic rings. The van der Waals surface area contributed by atoms with Gasteiger partial charge in [0.2, 0.25) is 0 Å². The second-order valence-corrected chi connectivity index (χ2v) is 8.43. The van der Waals surface area contributed by atoms with Crippen LogP contribution in [0.1, 0.15) is 46.9 Å². The van der Waals surface area contributed by atoms with Crippen LogP contribution >= 0.6 is 0 Å². The van der Waals surface area contributed by atoms with Gasteiger partial charge in [-0.15, -0.1) is 0 Å². The van der Waals surface area contributed by atoms with E-state index in [1.807, 2.05) is 0 Å². The minimum atomic E-state index is -4.77. The number of pyridine rings is 2. The van der Waals surface area contributed by atoms with Crippen molar-refractivity contribution in [1.82, 2.24) is 19.3 Å². The summed E-state index contributed by atoms with van der Waals surface area (Å²) in [5.74, 6) is -1.11. The molecule has 0 aromatic carbocycles. The van der Waals surface area contributed by atoms with Crippen LogP contribution in [0.4, 0.5) is 17.6 Å². The molecule has 186 valence electrons. The number of aromatic nitrogens is 3. The Morgan fingerprint density at radius 3 is 2.67 bits per heavy atom. The smallest absolute Gasteiger partial charge is 0.420 e. The second kappa shape index (κ2) is 8.90. The molecule has 0 aliphatic carbocycles. The first-order valence-corrected chi connectivity index (χ1v) is 11.1. The summed E-state index contributed by atoms with van der Waals surface area (Å²) in [6.45, 7) is 1.62. The molecular weight excluding hydrogens is 480 g/mol. The topological polar surface area (TPSA) is 83.9 Å². The van der Waals surface area contributed by atoms with Crippen molar-refractivity contribution in [1.29, 1.82) is 0 Å². The number of rotatable bonds is 4. The molecule has 4 aromatic heterocycles. The molecule has 0 radical (unpaired) electrons. The van der Waals surface area contributed by atoms with Gasteiger partial charge in [0.25, 0.3) is 5.91 Å². The lowest BCUT2D eigenvalue weighted by atomic mass is 10.0. The maximum atomic E-state index is 14.1. The van der Waals surface area contributed by atoms with Crippen molar-refractivity contribution >= 4 is 17.1 Å². The molecule has 11 heteroatoms. The lowest BCUT2D eigenvalue weighted by Crippen LogP contribution is -2.35. The number of alkyl halides is 3. The molecule has 1 aliphatic heterocycles. The molecule has 0 saturated carbocycles. The highest BCUT2D eigenvalue weighted by atomic mass is 19.4. The SMILES string of the molecule is CC(O)c1c(C(=O)N2CC=C(c3ncccc3F)CC2)nc2c(C(F)(F)F)cc(-c3ccoc3)cn12. The van der Waals surface area contributed by atoms with Crippen molar-refractivity contribution in [2.45, 2.75) is 25.6 Å². The molecular formula is C25H20F4N4O3. The zero-order valence-electron chi connectivity index (χ0n) is 19.0. The number of hydrogen-bond acceptors (Lipinski definition) is 5. The second-order valence-electron chi connectivity index (χ2n) is 8.43. The van der Waals surface area contributed by atoms with Crippen LogP contribution in [0.15, 0.2) is 59.7 Å². The summed E-state index contributed by atoms with van der Waals surface area (Å²) in [7, 11) is 0. The summed E-state index contributed by atoms with van der Waals surface area (Å²) >= 11 is 0. The number of amides is 1. The van der Waals surface area contributed by atoms with Crippen LogP contribution in [0.3, 0.4) is 0 Å². The van der Waals surface area contributed by atoms with Gasteiger partial charge < -0.3 is 14.4 Å². The first-order chi connectivity index (χ1) is 17.1. The molecule has 7 nitrogen and oxygen atoms in total. The van der Waals surface area contributed by atoms with Crippen LogP contribution in [0, 0.1) is 5.82 Å². The van der Waals surface area contributed by atoms with Crippen LogP contribution in [-0.2, 0) is 6.18 Å². The maximum Gasteiger partial charge on any atom is 0.420 e. The Morgan fingerprint density at radius 2 is 2.06 bits per heavy atom. The third kappa shape index (κ3) is 4.15. The summed E-state index contributed by atoms with van der Waals surface area (Å²) in [5, 5.41) is 10.5. The number of aliphatic hydroxyl groups excluding tert-OH is 1. The number of carbonyl (C=O) groups is 1. The molecule has 1 aliphatic rings. The van der Waals surface area contributed by atoms with Gasteiger partial charge in [0.05, 0.1) is 29.9 Å². The average molecular weight is 500 g/mol. The van der Waals surface area contributed by atoms with Crippen molar-refractivity contribution < 1.29 is 31.9 Å². The van der Waals surface area contributed by atoms with Gasteiger partial charge in [0.15, 0.2) is 5.69 Å². The monoisotopic (exact) mass is 500 g/mol. The van der Waals surface area contributed by atoms with Gasteiger partial charge in [-0.3, -0.25) is 14.2 Å². The van der Waals surface area contributed by atoms with Gasteiger partial charge >= 0.3 is 6.18 Å². The van der Waals surface area contributed by atoms with E-state index in [9.17, 15) is 27.5 Å². The summed E-state index contributed by atoms with van der Waals surface area (Å²) in [4.78, 5) is 22.9. The lowest BCUT2D eigenvalue weighted by Gasteiger charge is -2.26. The molecule has 5 rings (SSSR count). The number of halogens is 4. The Bertz CT molecular complexity index is 1470.